The topological polar surface area (TPSA) is 71.1 Å². The van der Waals surface area contributed by atoms with E-state index >= 15 is 0 Å². The molecule has 5 heteroatoms. The van der Waals surface area contributed by atoms with Gasteiger partial charge in [-0.2, -0.15) is 0 Å². The predicted molar refractivity (Wildman–Crippen MR) is 74.0 cm³/mol. The Morgan fingerprint density at radius 2 is 1.84 bits per heavy atom. The molecule has 0 spiro atoms. The van der Waals surface area contributed by atoms with Crippen molar-refractivity contribution in [3.8, 4) is 0 Å². The molecule has 0 fully saturated rings. The van der Waals surface area contributed by atoms with E-state index in [1.807, 2.05) is 20.8 Å². The average molecular weight is 261 g/mol. The Morgan fingerprint density at radius 1 is 1.26 bits per heavy atom. The van der Waals surface area contributed by atoms with Crippen LogP contribution in [-0.2, 0) is 0 Å². The molecule has 0 saturated heterocycles. The summed E-state index contributed by atoms with van der Waals surface area (Å²) in [5.41, 5.74) is 0.0874. The molecule has 5 nitrogen and oxygen atoms in total. The number of aromatic nitrogens is 1. The average Bonchev–Trinajstić information content (AvgIpc) is 2.34. The van der Waals surface area contributed by atoms with Crippen LogP contribution in [0.1, 0.15) is 41.7 Å². The molecule has 0 unspecified atom stereocenters. The molecule has 1 aromatic heterocycles. The normalized spacial score (nSPS) is 10.7. The van der Waals surface area contributed by atoms with Gasteiger partial charge in [0.25, 0.3) is 11.8 Å². The van der Waals surface area contributed by atoms with E-state index in [2.05, 4.69) is 22.2 Å². The molecular formula is C14H19N3O2. The third kappa shape index (κ3) is 4.91. The lowest BCUT2D eigenvalue weighted by Crippen LogP contribution is -2.41. The molecule has 1 heterocycles. The number of pyridine rings is 1. The van der Waals surface area contributed by atoms with Crippen molar-refractivity contribution in [3.63, 3.8) is 0 Å². The van der Waals surface area contributed by atoms with Crippen LogP contribution in [-0.4, -0.2) is 28.9 Å². The molecule has 0 aromatic carbocycles. The highest BCUT2D eigenvalue weighted by Crippen LogP contribution is 2.04. The molecule has 1 aromatic rings. The van der Waals surface area contributed by atoms with Crippen molar-refractivity contribution in [1.29, 1.82) is 0 Å². The van der Waals surface area contributed by atoms with Crippen LogP contribution in [0.2, 0.25) is 0 Å². The first-order chi connectivity index (χ1) is 8.83. The van der Waals surface area contributed by atoms with Crippen molar-refractivity contribution < 1.29 is 9.59 Å². The zero-order valence-electron chi connectivity index (χ0n) is 11.5. The van der Waals surface area contributed by atoms with Crippen molar-refractivity contribution in [2.24, 2.45) is 0 Å². The predicted octanol–water partition coefficient (Wildman–Crippen LogP) is 1.53. The minimum absolute atomic E-state index is 0.211. The summed E-state index contributed by atoms with van der Waals surface area (Å²) >= 11 is 0. The van der Waals surface area contributed by atoms with Gasteiger partial charge in [-0.15, -0.1) is 6.58 Å². The van der Waals surface area contributed by atoms with Crippen molar-refractivity contribution in [2.75, 3.05) is 6.54 Å². The maximum absolute atomic E-state index is 11.9. The number of hydrogen-bond donors (Lipinski definition) is 2. The summed E-state index contributed by atoms with van der Waals surface area (Å²) in [6, 6.07) is 4.77. The molecule has 1 rings (SSSR count). The highest BCUT2D eigenvalue weighted by molar-refractivity contribution is 5.96. The van der Waals surface area contributed by atoms with Gasteiger partial charge in [0.15, 0.2) is 0 Å². The molecule has 2 amide bonds. The number of hydrogen-bond acceptors (Lipinski definition) is 3. The van der Waals surface area contributed by atoms with Crippen LogP contribution >= 0.6 is 0 Å². The summed E-state index contributed by atoms with van der Waals surface area (Å²) in [5.74, 6) is -0.629. The van der Waals surface area contributed by atoms with Crippen molar-refractivity contribution in [3.05, 3.63) is 42.2 Å². The van der Waals surface area contributed by atoms with E-state index in [0.717, 1.165) is 0 Å². The maximum Gasteiger partial charge on any atom is 0.270 e. The van der Waals surface area contributed by atoms with Crippen LogP contribution in [0.25, 0.3) is 0 Å². The van der Waals surface area contributed by atoms with E-state index in [1.54, 1.807) is 24.3 Å². The molecule has 2 N–H and O–H groups in total. The lowest BCUT2D eigenvalue weighted by molar-refractivity contribution is 0.0914. The van der Waals surface area contributed by atoms with Crippen molar-refractivity contribution >= 4 is 11.8 Å². The van der Waals surface area contributed by atoms with Gasteiger partial charge in [0.2, 0.25) is 0 Å². The molecular weight excluding hydrogens is 242 g/mol. The van der Waals surface area contributed by atoms with Gasteiger partial charge in [-0.3, -0.25) is 9.59 Å². The SMILES string of the molecule is C=CCNC(=O)c1cccc(C(=O)NC(C)(C)C)n1. The first kappa shape index (κ1) is 14.9. The standard InChI is InChI=1S/C14H19N3O2/c1-5-9-15-12(18)10-7-6-8-11(16-10)13(19)17-14(2,3)4/h5-8H,1,9H2,2-4H3,(H,15,18)(H,17,19). The second-order valence-corrected chi connectivity index (χ2v) is 5.11. The molecule has 0 aliphatic heterocycles. The summed E-state index contributed by atoms with van der Waals surface area (Å²) in [4.78, 5) is 27.7. The zero-order valence-corrected chi connectivity index (χ0v) is 11.5. The quantitative estimate of drug-likeness (QED) is 0.807. The second kappa shape index (κ2) is 6.13. The van der Waals surface area contributed by atoms with Gasteiger partial charge in [-0.25, -0.2) is 4.98 Å². The molecule has 0 saturated carbocycles. The fourth-order valence-electron chi connectivity index (χ4n) is 1.35. The molecule has 0 aliphatic carbocycles. The number of carbonyl (C=O) groups excluding carboxylic acids is 2. The first-order valence-electron chi connectivity index (χ1n) is 6.02. The summed E-state index contributed by atoms with van der Waals surface area (Å²) in [6.07, 6.45) is 1.58. The summed E-state index contributed by atoms with van der Waals surface area (Å²) < 4.78 is 0. The highest BCUT2D eigenvalue weighted by Gasteiger charge is 2.17. The van der Waals surface area contributed by atoms with Crippen molar-refractivity contribution in [2.45, 2.75) is 26.3 Å². The molecule has 0 aliphatic rings. The fourth-order valence-corrected chi connectivity index (χ4v) is 1.35. The van der Waals surface area contributed by atoms with Crippen LogP contribution in [0.5, 0.6) is 0 Å². The van der Waals surface area contributed by atoms with Gasteiger partial charge < -0.3 is 10.6 Å². The van der Waals surface area contributed by atoms with Gasteiger partial charge in [0.05, 0.1) is 0 Å². The Morgan fingerprint density at radius 3 is 2.37 bits per heavy atom. The third-order valence-corrected chi connectivity index (χ3v) is 2.11. The van der Waals surface area contributed by atoms with Crippen LogP contribution in [0.4, 0.5) is 0 Å². The molecule has 102 valence electrons. The maximum atomic E-state index is 11.9. The van der Waals surface area contributed by atoms with Crippen LogP contribution in [0, 0.1) is 0 Å². The number of nitrogens with zero attached hydrogens (tertiary/aromatic N) is 1. The Balaban J connectivity index is 2.85. The Kier molecular flexibility index (Phi) is 4.80. The monoisotopic (exact) mass is 261 g/mol. The number of carbonyl (C=O) groups is 2. The largest absolute Gasteiger partial charge is 0.347 e. The van der Waals surface area contributed by atoms with Gasteiger partial charge in [0, 0.05) is 12.1 Å². The van der Waals surface area contributed by atoms with Crippen LogP contribution in [0.3, 0.4) is 0 Å². The van der Waals surface area contributed by atoms with Gasteiger partial charge in [0.1, 0.15) is 11.4 Å². The summed E-state index contributed by atoms with van der Waals surface area (Å²) in [6.45, 7) is 9.51. The third-order valence-electron chi connectivity index (χ3n) is 2.11. The van der Waals surface area contributed by atoms with E-state index in [-0.39, 0.29) is 28.7 Å². The molecule has 0 bridgehead atoms. The van der Waals surface area contributed by atoms with E-state index in [9.17, 15) is 9.59 Å². The van der Waals surface area contributed by atoms with Gasteiger partial charge >= 0.3 is 0 Å². The van der Waals surface area contributed by atoms with Gasteiger partial charge in [-0.1, -0.05) is 12.1 Å². The van der Waals surface area contributed by atoms with Crippen LogP contribution in [0.15, 0.2) is 30.9 Å². The molecule has 0 atom stereocenters. The Labute approximate surface area is 113 Å². The van der Waals surface area contributed by atoms with Crippen LogP contribution < -0.4 is 10.6 Å². The number of amides is 2. The smallest absolute Gasteiger partial charge is 0.270 e. The number of nitrogens with one attached hydrogen (secondary N) is 2. The van der Waals surface area contributed by atoms with E-state index < -0.39 is 0 Å². The number of rotatable bonds is 4. The second-order valence-electron chi connectivity index (χ2n) is 5.11. The summed E-state index contributed by atoms with van der Waals surface area (Å²) in [5, 5.41) is 5.41. The zero-order chi connectivity index (χ0) is 14.5. The summed E-state index contributed by atoms with van der Waals surface area (Å²) in [7, 11) is 0. The van der Waals surface area contributed by atoms with E-state index in [1.165, 1.54) is 0 Å². The highest BCUT2D eigenvalue weighted by atomic mass is 16.2. The minimum atomic E-state index is -0.347. The lowest BCUT2D eigenvalue weighted by Gasteiger charge is -2.20. The lowest BCUT2D eigenvalue weighted by atomic mass is 10.1. The molecule has 19 heavy (non-hydrogen) atoms. The Hall–Kier alpha value is -2.17. The fraction of sp³-hybridized carbons (Fsp3) is 0.357. The van der Waals surface area contributed by atoms with E-state index in [4.69, 9.17) is 0 Å². The van der Waals surface area contributed by atoms with E-state index in [0.29, 0.717) is 6.54 Å². The Bertz CT molecular complexity index is 490. The van der Waals surface area contributed by atoms with Crippen molar-refractivity contribution in [1.82, 2.24) is 15.6 Å². The molecule has 0 radical (unpaired) electrons. The van der Waals surface area contributed by atoms with Gasteiger partial charge in [-0.05, 0) is 32.9 Å². The first-order valence-corrected chi connectivity index (χ1v) is 6.02. The minimum Gasteiger partial charge on any atom is -0.347 e.